The molecule has 2 heterocycles. The predicted octanol–water partition coefficient (Wildman–Crippen LogP) is 4.72. The summed E-state index contributed by atoms with van der Waals surface area (Å²) < 4.78 is 0.970. The highest BCUT2D eigenvalue weighted by molar-refractivity contribution is 9.10. The molecule has 4 nitrogen and oxygen atoms in total. The van der Waals surface area contributed by atoms with E-state index in [1.165, 1.54) is 0 Å². The first-order valence-electron chi connectivity index (χ1n) is 8.28. The van der Waals surface area contributed by atoms with E-state index in [1.54, 1.807) is 6.20 Å². The fourth-order valence-electron chi connectivity index (χ4n) is 3.02. The number of pyridine rings is 2. The number of phenolic OH excluding ortho intramolecular Hbond substituents is 1. The van der Waals surface area contributed by atoms with Gasteiger partial charge in [0.2, 0.25) is 0 Å². The van der Waals surface area contributed by atoms with Gasteiger partial charge in [0.15, 0.2) is 0 Å². The number of aromatic amines is 1. The molecule has 4 rings (SSSR count). The summed E-state index contributed by atoms with van der Waals surface area (Å²) in [5, 5.41) is 15.3. The topological polar surface area (TPSA) is 59.3 Å². The Balaban J connectivity index is 1.83. The average molecular weight is 407 g/mol. The number of anilines is 1. The molecule has 0 spiro atoms. The molecule has 3 N–H and O–H groups in total. The number of phenols is 1. The van der Waals surface area contributed by atoms with Gasteiger partial charge in [-0.05, 0) is 34.1 Å². The van der Waals surface area contributed by atoms with Crippen molar-refractivity contribution in [2.75, 3.05) is 5.32 Å². The van der Waals surface area contributed by atoms with Crippen molar-refractivity contribution in [1.29, 1.82) is 0 Å². The Morgan fingerprint density at radius 2 is 1.81 bits per heavy atom. The van der Waals surface area contributed by atoms with Crippen LogP contribution in [-0.2, 0) is 0 Å². The molecule has 128 valence electrons. The number of H-pyrrole nitrogens is 1. The fraction of sp³-hybridized carbons (Fsp3) is 0.0476. The van der Waals surface area contributed by atoms with Crippen LogP contribution >= 0.6 is 15.9 Å². The molecule has 0 saturated carbocycles. The molecule has 0 saturated heterocycles. The third-order valence-electron chi connectivity index (χ3n) is 4.30. The minimum absolute atomic E-state index is 0.196. The van der Waals surface area contributed by atoms with E-state index in [0.29, 0.717) is 5.52 Å². The number of aromatic hydroxyl groups is 1. The molecule has 1 atom stereocenters. The average Bonchev–Trinajstić information content (AvgIpc) is 2.69. The summed E-state index contributed by atoms with van der Waals surface area (Å²) in [6.45, 7) is 0. The minimum Gasteiger partial charge on any atom is -0.505 e. The second-order valence-electron chi connectivity index (χ2n) is 5.99. The van der Waals surface area contributed by atoms with Gasteiger partial charge >= 0.3 is 0 Å². The molecular weight excluding hydrogens is 390 g/mol. The maximum absolute atomic E-state index is 10.9. The number of halogens is 1. The molecule has 4 aromatic rings. The summed E-state index contributed by atoms with van der Waals surface area (Å²) >= 11 is 3.43. The normalized spacial score (nSPS) is 12.0. The Kier molecular flexibility index (Phi) is 4.54. The van der Waals surface area contributed by atoms with Crippen molar-refractivity contribution in [3.05, 3.63) is 94.7 Å². The van der Waals surface area contributed by atoms with E-state index in [4.69, 9.17) is 0 Å². The number of nitrogens with one attached hydrogen (secondary N) is 2. The van der Waals surface area contributed by atoms with E-state index < -0.39 is 0 Å². The fourth-order valence-corrected chi connectivity index (χ4v) is 3.26. The predicted molar refractivity (Wildman–Crippen MR) is 106 cm³/mol. The van der Waals surface area contributed by atoms with Crippen LogP contribution in [0.15, 0.2) is 83.6 Å². The lowest BCUT2D eigenvalue weighted by atomic mass is 9.96. The standard InChI is InChI=1S/C21H16BrN3O/c22-16-9-11-18(24-13-16)25-19(14-5-2-1-3-6-14)17-10-8-15-7-4-12-23-20(15)21(17)26/h1-13,19,26H,(H,24,25)/p+1/t19-/m1/s1. The summed E-state index contributed by atoms with van der Waals surface area (Å²) in [5.74, 6) is 1.05. The molecule has 0 fully saturated rings. The van der Waals surface area contributed by atoms with Crippen LogP contribution in [0.5, 0.6) is 5.75 Å². The maximum atomic E-state index is 10.9. The summed E-state index contributed by atoms with van der Waals surface area (Å²) in [6, 6.07) is 21.5. The van der Waals surface area contributed by atoms with E-state index in [9.17, 15) is 5.11 Å². The number of hydrogen-bond acceptors (Lipinski definition) is 3. The Hall–Kier alpha value is -2.92. The molecule has 5 heteroatoms. The highest BCUT2D eigenvalue weighted by Crippen LogP contribution is 2.35. The molecule has 0 aliphatic carbocycles. The van der Waals surface area contributed by atoms with E-state index >= 15 is 0 Å². The van der Waals surface area contributed by atoms with Crippen molar-refractivity contribution < 1.29 is 10.1 Å². The zero-order valence-electron chi connectivity index (χ0n) is 13.9. The first kappa shape index (κ1) is 16.5. The van der Waals surface area contributed by atoms with E-state index in [1.807, 2.05) is 72.9 Å². The molecule has 0 aliphatic heterocycles. The van der Waals surface area contributed by atoms with Crippen LogP contribution in [-0.4, -0.2) is 10.1 Å². The summed E-state index contributed by atoms with van der Waals surface area (Å²) in [6.07, 6.45) is 3.56. The largest absolute Gasteiger partial charge is 0.505 e. The molecule has 0 amide bonds. The van der Waals surface area contributed by atoms with Gasteiger partial charge in [-0.3, -0.25) is 10.3 Å². The second-order valence-corrected chi connectivity index (χ2v) is 6.90. The van der Waals surface area contributed by atoms with Gasteiger partial charge in [-0.2, -0.15) is 0 Å². The van der Waals surface area contributed by atoms with E-state index in [0.717, 1.165) is 26.8 Å². The van der Waals surface area contributed by atoms with Gasteiger partial charge in [-0.1, -0.05) is 42.5 Å². The Morgan fingerprint density at radius 3 is 2.58 bits per heavy atom. The van der Waals surface area contributed by atoms with Crippen molar-refractivity contribution in [2.24, 2.45) is 0 Å². The lowest BCUT2D eigenvalue weighted by Gasteiger charge is -2.17. The minimum atomic E-state index is -0.222. The van der Waals surface area contributed by atoms with Crippen LogP contribution in [0.3, 0.4) is 0 Å². The van der Waals surface area contributed by atoms with Gasteiger partial charge in [0.1, 0.15) is 23.5 Å². The Labute approximate surface area is 159 Å². The first-order chi connectivity index (χ1) is 12.7. The van der Waals surface area contributed by atoms with Crippen LogP contribution in [0, 0.1) is 0 Å². The van der Waals surface area contributed by atoms with Crippen molar-refractivity contribution >= 4 is 32.7 Å². The zero-order valence-corrected chi connectivity index (χ0v) is 15.4. The van der Waals surface area contributed by atoms with Crippen molar-refractivity contribution in [3.8, 4) is 5.75 Å². The molecule has 0 unspecified atom stereocenters. The zero-order chi connectivity index (χ0) is 17.9. The Bertz CT molecular complexity index is 1040. The van der Waals surface area contributed by atoms with Gasteiger partial charge < -0.3 is 5.11 Å². The summed E-state index contributed by atoms with van der Waals surface area (Å²) in [7, 11) is 0. The summed E-state index contributed by atoms with van der Waals surface area (Å²) in [5.41, 5.74) is 2.43. The van der Waals surface area contributed by atoms with Crippen molar-refractivity contribution in [1.82, 2.24) is 4.98 Å². The highest BCUT2D eigenvalue weighted by atomic mass is 79.9. The number of rotatable bonds is 4. The number of benzene rings is 2. The first-order valence-corrected chi connectivity index (χ1v) is 9.07. The number of nitrogens with zero attached hydrogens (tertiary/aromatic N) is 1. The summed E-state index contributed by atoms with van der Waals surface area (Å²) in [4.78, 5) is 7.55. The molecule has 0 radical (unpaired) electrons. The van der Waals surface area contributed by atoms with E-state index in [2.05, 4.69) is 31.2 Å². The lowest BCUT2D eigenvalue weighted by molar-refractivity contribution is -0.362. The monoisotopic (exact) mass is 406 g/mol. The van der Waals surface area contributed by atoms with Gasteiger partial charge in [0.05, 0.1) is 4.47 Å². The number of aromatic nitrogens is 2. The van der Waals surface area contributed by atoms with E-state index in [-0.39, 0.29) is 11.8 Å². The van der Waals surface area contributed by atoms with Crippen LogP contribution in [0.2, 0.25) is 0 Å². The van der Waals surface area contributed by atoms with Crippen molar-refractivity contribution in [2.45, 2.75) is 6.04 Å². The van der Waals surface area contributed by atoms with Gasteiger partial charge in [-0.25, -0.2) is 4.98 Å². The molecule has 2 aromatic heterocycles. The number of hydrogen-bond donors (Lipinski definition) is 2. The third-order valence-corrected chi connectivity index (χ3v) is 4.79. The van der Waals surface area contributed by atoms with Gasteiger partial charge in [0.25, 0.3) is 5.82 Å². The van der Waals surface area contributed by atoms with Crippen LogP contribution < -0.4 is 10.3 Å². The molecule has 26 heavy (non-hydrogen) atoms. The SMILES string of the molecule is Oc1c([C@H](Nc2ccc(Br)c[nH+]2)c2ccccc2)ccc2cccnc12. The molecule has 0 bridgehead atoms. The lowest BCUT2D eigenvalue weighted by Crippen LogP contribution is -2.19. The Morgan fingerprint density at radius 1 is 0.962 bits per heavy atom. The molecule has 0 aliphatic rings. The quantitative estimate of drug-likeness (QED) is 0.515. The third kappa shape index (κ3) is 3.26. The second kappa shape index (κ2) is 7.14. The van der Waals surface area contributed by atoms with Crippen LogP contribution in [0.4, 0.5) is 5.82 Å². The van der Waals surface area contributed by atoms with Crippen LogP contribution in [0.25, 0.3) is 10.9 Å². The van der Waals surface area contributed by atoms with Gasteiger partial charge in [-0.15, -0.1) is 0 Å². The van der Waals surface area contributed by atoms with Crippen LogP contribution in [0.1, 0.15) is 17.2 Å². The molecule has 2 aromatic carbocycles. The number of fused-ring (bicyclic) bond motifs is 1. The maximum Gasteiger partial charge on any atom is 0.272 e. The molecular formula is C21H17BrN3O+. The highest BCUT2D eigenvalue weighted by Gasteiger charge is 2.24. The smallest absolute Gasteiger partial charge is 0.272 e. The van der Waals surface area contributed by atoms with Crippen molar-refractivity contribution in [3.63, 3.8) is 0 Å². The van der Waals surface area contributed by atoms with Gasteiger partial charge in [0, 0.05) is 28.8 Å².